The van der Waals surface area contributed by atoms with E-state index < -0.39 is 0 Å². The van der Waals surface area contributed by atoms with Gasteiger partial charge in [0.2, 0.25) is 5.91 Å². The summed E-state index contributed by atoms with van der Waals surface area (Å²) in [5.74, 6) is 0.638. The lowest BCUT2D eigenvalue weighted by molar-refractivity contribution is -0.134. The fraction of sp³-hybridized carbons (Fsp3) is 0.600. The molecule has 1 aliphatic carbocycles. The highest BCUT2D eigenvalue weighted by Crippen LogP contribution is 2.31. The van der Waals surface area contributed by atoms with Crippen molar-refractivity contribution in [1.29, 1.82) is 0 Å². The SMILES string of the molecule is Cc1cc(C(C)(C)C)ccc1C(=O)N1CCN(C(=O)C2CC2)CC1. The van der Waals surface area contributed by atoms with Crippen molar-refractivity contribution in [3.8, 4) is 0 Å². The molecule has 1 heterocycles. The zero-order valence-corrected chi connectivity index (χ0v) is 15.3. The van der Waals surface area contributed by atoms with E-state index in [0.717, 1.165) is 24.0 Å². The van der Waals surface area contributed by atoms with E-state index in [9.17, 15) is 9.59 Å². The Balaban J connectivity index is 1.66. The Kier molecular flexibility index (Phi) is 4.41. The first-order valence-electron chi connectivity index (χ1n) is 8.96. The summed E-state index contributed by atoms with van der Waals surface area (Å²) in [6.07, 6.45) is 2.08. The van der Waals surface area contributed by atoms with Crippen molar-refractivity contribution >= 4 is 11.8 Å². The Bertz CT molecular complexity index is 648. The number of rotatable bonds is 2. The molecule has 130 valence electrons. The fourth-order valence-corrected chi connectivity index (χ4v) is 3.26. The maximum absolute atomic E-state index is 12.8. The first-order chi connectivity index (χ1) is 11.3. The van der Waals surface area contributed by atoms with Crippen LogP contribution < -0.4 is 0 Å². The highest BCUT2D eigenvalue weighted by atomic mass is 16.2. The van der Waals surface area contributed by atoms with Crippen molar-refractivity contribution in [2.75, 3.05) is 26.2 Å². The number of carbonyl (C=O) groups excluding carboxylic acids is 2. The molecule has 0 atom stereocenters. The van der Waals surface area contributed by atoms with Gasteiger partial charge in [0.05, 0.1) is 0 Å². The zero-order valence-electron chi connectivity index (χ0n) is 15.3. The van der Waals surface area contributed by atoms with Gasteiger partial charge in [-0.05, 0) is 42.4 Å². The Morgan fingerprint density at radius 2 is 1.58 bits per heavy atom. The van der Waals surface area contributed by atoms with Gasteiger partial charge in [0, 0.05) is 37.7 Å². The maximum Gasteiger partial charge on any atom is 0.254 e. The molecule has 3 rings (SSSR count). The largest absolute Gasteiger partial charge is 0.339 e. The van der Waals surface area contributed by atoms with Gasteiger partial charge in [0.1, 0.15) is 0 Å². The second-order valence-corrected chi connectivity index (χ2v) is 8.17. The van der Waals surface area contributed by atoms with Crippen molar-refractivity contribution in [3.05, 3.63) is 34.9 Å². The van der Waals surface area contributed by atoms with Crippen LogP contribution in [-0.4, -0.2) is 47.8 Å². The summed E-state index contributed by atoms with van der Waals surface area (Å²) in [5.41, 5.74) is 3.14. The van der Waals surface area contributed by atoms with Crippen LogP contribution >= 0.6 is 0 Å². The molecule has 4 heteroatoms. The van der Waals surface area contributed by atoms with Crippen LogP contribution in [0, 0.1) is 12.8 Å². The number of carbonyl (C=O) groups is 2. The van der Waals surface area contributed by atoms with E-state index in [1.807, 2.05) is 22.8 Å². The second kappa shape index (κ2) is 6.23. The Morgan fingerprint density at radius 3 is 2.08 bits per heavy atom. The molecular formula is C20H28N2O2. The summed E-state index contributed by atoms with van der Waals surface area (Å²) < 4.78 is 0. The summed E-state index contributed by atoms with van der Waals surface area (Å²) in [5, 5.41) is 0. The monoisotopic (exact) mass is 328 g/mol. The number of hydrogen-bond donors (Lipinski definition) is 0. The number of amides is 2. The predicted octanol–water partition coefficient (Wildman–Crippen LogP) is 2.99. The molecule has 1 saturated carbocycles. The van der Waals surface area contributed by atoms with Gasteiger partial charge in [-0.1, -0.05) is 32.9 Å². The standard InChI is InChI=1S/C20H28N2O2/c1-14-13-16(20(2,3)4)7-8-17(14)19(24)22-11-9-21(10-12-22)18(23)15-5-6-15/h7-8,13,15H,5-6,9-12H2,1-4H3. The number of piperazine rings is 1. The molecule has 2 fully saturated rings. The van der Waals surface area contributed by atoms with Crippen LogP contribution in [0.5, 0.6) is 0 Å². The van der Waals surface area contributed by atoms with Crippen LogP contribution in [0.4, 0.5) is 0 Å². The summed E-state index contributed by atoms with van der Waals surface area (Å²) in [6, 6.07) is 6.15. The minimum atomic E-state index is 0.0845. The third-order valence-electron chi connectivity index (χ3n) is 5.13. The molecule has 1 aromatic carbocycles. The third kappa shape index (κ3) is 3.47. The zero-order chi connectivity index (χ0) is 17.5. The minimum absolute atomic E-state index is 0.0845. The maximum atomic E-state index is 12.8. The Labute approximate surface area is 144 Å². The molecule has 0 N–H and O–H groups in total. The lowest BCUT2D eigenvalue weighted by Crippen LogP contribution is -2.51. The highest BCUT2D eigenvalue weighted by Gasteiger charge is 2.35. The topological polar surface area (TPSA) is 40.6 Å². The third-order valence-corrected chi connectivity index (χ3v) is 5.13. The van der Waals surface area contributed by atoms with Crippen LogP contribution in [0.15, 0.2) is 18.2 Å². The van der Waals surface area contributed by atoms with Gasteiger partial charge in [-0.15, -0.1) is 0 Å². The van der Waals surface area contributed by atoms with Crippen molar-refractivity contribution < 1.29 is 9.59 Å². The normalized spacial score (nSPS) is 18.7. The summed E-state index contributed by atoms with van der Waals surface area (Å²) in [7, 11) is 0. The van der Waals surface area contributed by atoms with Crippen molar-refractivity contribution in [2.24, 2.45) is 5.92 Å². The van der Waals surface area contributed by atoms with Crippen LogP contribution in [0.2, 0.25) is 0 Å². The van der Waals surface area contributed by atoms with Crippen LogP contribution in [-0.2, 0) is 10.2 Å². The molecule has 2 aliphatic rings. The molecule has 24 heavy (non-hydrogen) atoms. The molecular weight excluding hydrogens is 300 g/mol. The van der Waals surface area contributed by atoms with Gasteiger partial charge in [-0.25, -0.2) is 0 Å². The number of nitrogens with zero attached hydrogens (tertiary/aromatic N) is 2. The Morgan fingerprint density at radius 1 is 1.00 bits per heavy atom. The van der Waals surface area contributed by atoms with Crippen molar-refractivity contribution in [1.82, 2.24) is 9.80 Å². The minimum Gasteiger partial charge on any atom is -0.339 e. The number of benzene rings is 1. The van der Waals surface area contributed by atoms with Gasteiger partial charge in [-0.3, -0.25) is 9.59 Å². The summed E-state index contributed by atoms with van der Waals surface area (Å²) in [4.78, 5) is 28.8. The van der Waals surface area contributed by atoms with E-state index in [1.165, 1.54) is 5.56 Å². The molecule has 1 saturated heterocycles. The average Bonchev–Trinajstić information content (AvgIpc) is 3.37. The van der Waals surface area contributed by atoms with Gasteiger partial charge in [0.25, 0.3) is 5.91 Å². The molecule has 4 nitrogen and oxygen atoms in total. The van der Waals surface area contributed by atoms with Crippen LogP contribution in [0.3, 0.4) is 0 Å². The van der Waals surface area contributed by atoms with Crippen LogP contribution in [0.25, 0.3) is 0 Å². The molecule has 2 amide bonds. The van der Waals surface area contributed by atoms with E-state index in [0.29, 0.717) is 26.2 Å². The van der Waals surface area contributed by atoms with Gasteiger partial charge in [-0.2, -0.15) is 0 Å². The first-order valence-corrected chi connectivity index (χ1v) is 8.96. The molecule has 0 bridgehead atoms. The lowest BCUT2D eigenvalue weighted by atomic mass is 9.85. The van der Waals surface area contributed by atoms with E-state index in [2.05, 4.69) is 32.9 Å². The average molecular weight is 328 g/mol. The fourth-order valence-electron chi connectivity index (χ4n) is 3.26. The van der Waals surface area contributed by atoms with Crippen molar-refractivity contribution in [3.63, 3.8) is 0 Å². The van der Waals surface area contributed by atoms with Gasteiger partial charge >= 0.3 is 0 Å². The second-order valence-electron chi connectivity index (χ2n) is 8.17. The van der Waals surface area contributed by atoms with E-state index in [4.69, 9.17) is 0 Å². The molecule has 0 spiro atoms. The number of hydrogen-bond acceptors (Lipinski definition) is 2. The summed E-state index contributed by atoms with van der Waals surface area (Å²) >= 11 is 0. The summed E-state index contributed by atoms with van der Waals surface area (Å²) in [6.45, 7) is 11.2. The Hall–Kier alpha value is -1.84. The molecule has 1 aromatic rings. The molecule has 0 radical (unpaired) electrons. The molecule has 0 unspecified atom stereocenters. The van der Waals surface area contributed by atoms with E-state index in [1.54, 1.807) is 0 Å². The number of aryl methyl sites for hydroxylation is 1. The lowest BCUT2D eigenvalue weighted by Gasteiger charge is -2.35. The smallest absolute Gasteiger partial charge is 0.254 e. The van der Waals surface area contributed by atoms with Crippen molar-refractivity contribution in [2.45, 2.75) is 46.0 Å². The van der Waals surface area contributed by atoms with E-state index in [-0.39, 0.29) is 23.1 Å². The molecule has 1 aliphatic heterocycles. The van der Waals surface area contributed by atoms with Gasteiger partial charge < -0.3 is 9.80 Å². The molecule has 0 aromatic heterocycles. The van der Waals surface area contributed by atoms with Gasteiger partial charge in [0.15, 0.2) is 0 Å². The first kappa shape index (κ1) is 17.0. The van der Waals surface area contributed by atoms with E-state index >= 15 is 0 Å². The quantitative estimate of drug-likeness (QED) is 0.837. The van der Waals surface area contributed by atoms with Crippen LogP contribution in [0.1, 0.15) is 55.1 Å². The predicted molar refractivity (Wildman–Crippen MR) is 95.1 cm³/mol. The highest BCUT2D eigenvalue weighted by molar-refractivity contribution is 5.96.